The summed E-state index contributed by atoms with van der Waals surface area (Å²) in [5, 5.41) is 8.95. The van der Waals surface area contributed by atoms with Crippen LogP contribution in [0.15, 0.2) is 41.5 Å². The summed E-state index contributed by atoms with van der Waals surface area (Å²) >= 11 is 6.15. The molecule has 0 bridgehead atoms. The SMILES string of the molecule is C=C(C)CN1CCC(NC(=NCCc2c[nH]c3ccc(Cl)cc23)NCC)CC1. The monoisotopic (exact) mass is 401 g/mol. The van der Waals surface area contributed by atoms with Crippen LogP contribution in [-0.2, 0) is 6.42 Å². The summed E-state index contributed by atoms with van der Waals surface area (Å²) in [6, 6.07) is 6.44. The zero-order valence-corrected chi connectivity index (χ0v) is 17.8. The molecule has 1 fully saturated rings. The molecule has 152 valence electrons. The number of rotatable bonds is 7. The van der Waals surface area contributed by atoms with Gasteiger partial charge in [0.1, 0.15) is 0 Å². The van der Waals surface area contributed by atoms with Gasteiger partial charge in [0.2, 0.25) is 0 Å². The molecule has 0 saturated carbocycles. The molecule has 0 aliphatic carbocycles. The van der Waals surface area contributed by atoms with Crippen molar-refractivity contribution in [2.24, 2.45) is 4.99 Å². The molecule has 0 amide bonds. The summed E-state index contributed by atoms with van der Waals surface area (Å²) in [5.74, 6) is 0.915. The quantitative estimate of drug-likeness (QED) is 0.374. The lowest BCUT2D eigenvalue weighted by atomic mass is 10.0. The lowest BCUT2D eigenvalue weighted by Crippen LogP contribution is -2.48. The average molecular weight is 402 g/mol. The highest BCUT2D eigenvalue weighted by Crippen LogP contribution is 2.22. The zero-order valence-electron chi connectivity index (χ0n) is 17.0. The van der Waals surface area contributed by atoms with Gasteiger partial charge in [-0.3, -0.25) is 9.89 Å². The van der Waals surface area contributed by atoms with E-state index in [4.69, 9.17) is 16.6 Å². The largest absolute Gasteiger partial charge is 0.361 e. The number of H-pyrrole nitrogens is 1. The molecule has 3 N–H and O–H groups in total. The van der Waals surface area contributed by atoms with Crippen molar-refractivity contribution < 1.29 is 0 Å². The lowest BCUT2D eigenvalue weighted by molar-refractivity contribution is 0.221. The fraction of sp³-hybridized carbons (Fsp3) is 0.500. The van der Waals surface area contributed by atoms with E-state index in [1.807, 2.05) is 18.2 Å². The molecule has 1 aromatic heterocycles. The van der Waals surface area contributed by atoms with Gasteiger partial charge in [-0.05, 0) is 56.9 Å². The van der Waals surface area contributed by atoms with Crippen molar-refractivity contribution in [1.29, 1.82) is 0 Å². The zero-order chi connectivity index (χ0) is 19.9. The van der Waals surface area contributed by atoms with Crippen molar-refractivity contribution in [1.82, 2.24) is 20.5 Å². The van der Waals surface area contributed by atoms with Crippen LogP contribution in [0.3, 0.4) is 0 Å². The van der Waals surface area contributed by atoms with Crippen molar-refractivity contribution >= 4 is 28.5 Å². The van der Waals surface area contributed by atoms with Gasteiger partial charge in [-0.15, -0.1) is 0 Å². The van der Waals surface area contributed by atoms with E-state index in [0.717, 1.165) is 68.5 Å². The number of hydrogen-bond donors (Lipinski definition) is 3. The summed E-state index contributed by atoms with van der Waals surface area (Å²) in [5.41, 5.74) is 3.61. The van der Waals surface area contributed by atoms with Crippen LogP contribution in [0.25, 0.3) is 10.9 Å². The number of nitrogens with one attached hydrogen (secondary N) is 3. The summed E-state index contributed by atoms with van der Waals surface area (Å²) in [6.07, 6.45) is 5.22. The molecule has 0 radical (unpaired) electrons. The fourth-order valence-corrected chi connectivity index (χ4v) is 3.95. The van der Waals surface area contributed by atoms with Crippen LogP contribution in [0.1, 0.15) is 32.3 Å². The Labute approximate surface area is 173 Å². The minimum absolute atomic E-state index is 0.478. The Morgan fingerprint density at radius 1 is 1.36 bits per heavy atom. The van der Waals surface area contributed by atoms with Crippen LogP contribution in [0.4, 0.5) is 0 Å². The fourth-order valence-electron chi connectivity index (χ4n) is 3.78. The Hall–Kier alpha value is -1.98. The number of piperidine rings is 1. The number of hydrogen-bond acceptors (Lipinski definition) is 2. The van der Waals surface area contributed by atoms with Crippen LogP contribution in [-0.4, -0.2) is 54.6 Å². The van der Waals surface area contributed by atoms with Crippen molar-refractivity contribution in [3.05, 3.63) is 47.1 Å². The Morgan fingerprint density at radius 2 is 2.14 bits per heavy atom. The summed E-state index contributed by atoms with van der Waals surface area (Å²) < 4.78 is 0. The molecule has 2 heterocycles. The van der Waals surface area contributed by atoms with Crippen molar-refractivity contribution in [2.75, 3.05) is 32.7 Å². The highest BCUT2D eigenvalue weighted by Gasteiger charge is 2.19. The molecule has 1 aliphatic heterocycles. The van der Waals surface area contributed by atoms with Gasteiger partial charge in [-0.25, -0.2) is 0 Å². The van der Waals surface area contributed by atoms with Crippen molar-refractivity contribution in [2.45, 2.75) is 39.2 Å². The van der Waals surface area contributed by atoms with Gasteiger partial charge in [-0.1, -0.05) is 23.8 Å². The normalized spacial score (nSPS) is 16.5. The third kappa shape index (κ3) is 5.76. The molecule has 3 rings (SSSR count). The van der Waals surface area contributed by atoms with Crippen LogP contribution in [0.5, 0.6) is 0 Å². The second-order valence-electron chi connectivity index (χ2n) is 7.67. The minimum Gasteiger partial charge on any atom is -0.361 e. The Morgan fingerprint density at radius 3 is 2.86 bits per heavy atom. The minimum atomic E-state index is 0.478. The van der Waals surface area contributed by atoms with Crippen molar-refractivity contribution in [3.63, 3.8) is 0 Å². The molecule has 5 nitrogen and oxygen atoms in total. The molecule has 0 atom stereocenters. The first-order valence-electron chi connectivity index (χ1n) is 10.2. The highest BCUT2D eigenvalue weighted by atomic mass is 35.5. The second kappa shape index (κ2) is 9.99. The number of halogens is 1. The number of aromatic nitrogens is 1. The van der Waals surface area contributed by atoms with E-state index in [0.29, 0.717) is 6.04 Å². The van der Waals surface area contributed by atoms with Gasteiger partial charge in [0.25, 0.3) is 0 Å². The molecule has 6 heteroatoms. The Kier molecular flexibility index (Phi) is 7.40. The maximum Gasteiger partial charge on any atom is 0.191 e. The number of fused-ring (bicyclic) bond motifs is 1. The van der Waals surface area contributed by atoms with Crippen LogP contribution in [0, 0.1) is 0 Å². The van der Waals surface area contributed by atoms with Crippen LogP contribution in [0.2, 0.25) is 5.02 Å². The first kappa shape index (κ1) is 20.7. The van der Waals surface area contributed by atoms with E-state index < -0.39 is 0 Å². The molecule has 2 aromatic rings. The third-order valence-corrected chi connectivity index (χ3v) is 5.38. The van der Waals surface area contributed by atoms with Gasteiger partial charge in [-0.2, -0.15) is 0 Å². The van der Waals surface area contributed by atoms with Crippen molar-refractivity contribution in [3.8, 4) is 0 Å². The summed E-state index contributed by atoms with van der Waals surface area (Å²) in [6.45, 7) is 13.1. The Bertz CT molecular complexity index is 817. The number of nitrogens with zero attached hydrogens (tertiary/aromatic N) is 2. The molecule has 28 heavy (non-hydrogen) atoms. The molecule has 0 unspecified atom stereocenters. The molecule has 1 saturated heterocycles. The van der Waals surface area contributed by atoms with E-state index in [2.05, 4.69) is 47.1 Å². The summed E-state index contributed by atoms with van der Waals surface area (Å²) in [4.78, 5) is 10.6. The lowest BCUT2D eigenvalue weighted by Gasteiger charge is -2.33. The van der Waals surface area contributed by atoms with Crippen LogP contribution >= 0.6 is 11.6 Å². The number of aromatic amines is 1. The first-order valence-corrected chi connectivity index (χ1v) is 10.6. The average Bonchev–Trinajstić information content (AvgIpc) is 3.05. The predicted molar refractivity (Wildman–Crippen MR) is 120 cm³/mol. The molecular weight excluding hydrogens is 370 g/mol. The number of aliphatic imine (C=N–C) groups is 1. The molecular formula is C22H32ClN5. The highest BCUT2D eigenvalue weighted by molar-refractivity contribution is 6.31. The van der Waals surface area contributed by atoms with Gasteiger partial charge in [0.05, 0.1) is 0 Å². The van der Waals surface area contributed by atoms with Gasteiger partial charge >= 0.3 is 0 Å². The Balaban J connectivity index is 1.54. The third-order valence-electron chi connectivity index (χ3n) is 5.15. The smallest absolute Gasteiger partial charge is 0.191 e. The molecule has 1 aliphatic rings. The van der Waals surface area contributed by atoms with Gasteiger partial charge in [0.15, 0.2) is 5.96 Å². The maximum absolute atomic E-state index is 6.15. The maximum atomic E-state index is 6.15. The summed E-state index contributed by atoms with van der Waals surface area (Å²) in [7, 11) is 0. The standard InChI is InChI=1S/C22H32ClN5/c1-4-24-22(27-19-8-11-28(12-9-19)15-16(2)3)25-10-7-17-14-26-21-6-5-18(23)13-20(17)21/h5-6,13-14,19,26H,2,4,7-12,15H2,1,3H3,(H2,24,25,27). The predicted octanol–water partition coefficient (Wildman–Crippen LogP) is 3.96. The molecule has 0 spiro atoms. The topological polar surface area (TPSA) is 55.5 Å². The number of likely N-dealkylation sites (tertiary alicyclic amines) is 1. The van der Waals surface area contributed by atoms with E-state index in [9.17, 15) is 0 Å². The van der Waals surface area contributed by atoms with Gasteiger partial charge in [0, 0.05) is 60.9 Å². The van der Waals surface area contributed by atoms with E-state index in [1.54, 1.807) is 0 Å². The van der Waals surface area contributed by atoms with Crippen LogP contribution < -0.4 is 10.6 Å². The number of guanidine groups is 1. The van der Waals surface area contributed by atoms with Gasteiger partial charge < -0.3 is 15.6 Å². The van der Waals surface area contributed by atoms with E-state index in [1.165, 1.54) is 16.5 Å². The molecule has 1 aromatic carbocycles. The van der Waals surface area contributed by atoms with E-state index in [-0.39, 0.29) is 0 Å². The number of benzene rings is 1. The first-order chi connectivity index (χ1) is 13.5. The second-order valence-corrected chi connectivity index (χ2v) is 8.10. The van der Waals surface area contributed by atoms with E-state index >= 15 is 0 Å².